The first kappa shape index (κ1) is 19.7. The first-order valence-electron chi connectivity index (χ1n) is 9.21. The average Bonchev–Trinajstić information content (AvgIpc) is 2.66. The minimum Gasteiger partial charge on any atom is -0.466 e. The van der Waals surface area contributed by atoms with Gasteiger partial charge in [-0.15, -0.1) is 0 Å². The molecule has 0 N–H and O–H groups in total. The van der Waals surface area contributed by atoms with Crippen molar-refractivity contribution in [2.75, 3.05) is 6.61 Å². The van der Waals surface area contributed by atoms with Gasteiger partial charge in [0.2, 0.25) is 0 Å². The van der Waals surface area contributed by atoms with Crippen molar-refractivity contribution in [3.63, 3.8) is 0 Å². The van der Waals surface area contributed by atoms with E-state index < -0.39 is 0 Å². The van der Waals surface area contributed by atoms with Gasteiger partial charge in [-0.3, -0.25) is 9.59 Å². The molecule has 0 aromatic heterocycles. The molecule has 0 aliphatic carbocycles. The van der Waals surface area contributed by atoms with Crippen LogP contribution in [0.3, 0.4) is 0 Å². The maximum atomic E-state index is 11.9. The van der Waals surface area contributed by atoms with Crippen LogP contribution >= 0.6 is 0 Å². The summed E-state index contributed by atoms with van der Waals surface area (Å²) in [5, 5.41) is 0. The van der Waals surface area contributed by atoms with Crippen molar-refractivity contribution in [3.05, 3.63) is 54.6 Å². The van der Waals surface area contributed by atoms with Crippen LogP contribution in [0.5, 0.6) is 5.75 Å². The number of unbranched alkanes of at least 4 members (excludes halogenated alkanes) is 2. The Kier molecular flexibility index (Phi) is 8.40. The van der Waals surface area contributed by atoms with Crippen molar-refractivity contribution in [2.24, 2.45) is 0 Å². The van der Waals surface area contributed by atoms with Crippen LogP contribution in [-0.2, 0) is 14.3 Å². The highest BCUT2D eigenvalue weighted by Gasteiger charge is 2.08. The summed E-state index contributed by atoms with van der Waals surface area (Å²) in [6, 6.07) is 17.4. The van der Waals surface area contributed by atoms with Crippen LogP contribution in [0.15, 0.2) is 54.6 Å². The molecule has 0 spiro atoms. The number of benzene rings is 2. The summed E-state index contributed by atoms with van der Waals surface area (Å²) in [6.45, 7) is 2.56. The third-order valence-corrected chi connectivity index (χ3v) is 3.97. The Morgan fingerprint density at radius 3 is 2.12 bits per heavy atom. The summed E-state index contributed by atoms with van der Waals surface area (Å²) in [6.07, 6.45) is 3.92. The second-order valence-electron chi connectivity index (χ2n) is 6.15. The summed E-state index contributed by atoms with van der Waals surface area (Å²) >= 11 is 0. The standard InChI is InChI=1S/C22H26O4/c1-2-3-7-17-25-21(23)11-8-12-22(24)26-20-15-13-19(14-16-20)18-9-5-4-6-10-18/h4-6,9-10,13-16H,2-3,7-8,11-12,17H2,1H3. The molecule has 0 bridgehead atoms. The molecule has 2 rings (SSSR count). The molecule has 0 fully saturated rings. The molecular formula is C22H26O4. The van der Waals surface area contributed by atoms with Crippen LogP contribution in [0.4, 0.5) is 0 Å². The molecule has 2 aromatic carbocycles. The van der Waals surface area contributed by atoms with Gasteiger partial charge in [0.25, 0.3) is 0 Å². The van der Waals surface area contributed by atoms with Crippen LogP contribution in [0.1, 0.15) is 45.4 Å². The largest absolute Gasteiger partial charge is 0.466 e. The fraction of sp³-hybridized carbons (Fsp3) is 0.364. The third-order valence-electron chi connectivity index (χ3n) is 3.97. The maximum absolute atomic E-state index is 11.9. The molecule has 2 aromatic rings. The number of carbonyl (C=O) groups excluding carboxylic acids is 2. The SMILES string of the molecule is CCCCCOC(=O)CCCC(=O)Oc1ccc(-c2ccccc2)cc1. The highest BCUT2D eigenvalue weighted by atomic mass is 16.5. The lowest BCUT2D eigenvalue weighted by Gasteiger charge is -2.06. The number of esters is 2. The first-order chi connectivity index (χ1) is 12.7. The van der Waals surface area contributed by atoms with Crippen molar-refractivity contribution in [2.45, 2.75) is 45.4 Å². The van der Waals surface area contributed by atoms with E-state index in [1.165, 1.54) is 0 Å². The minimum absolute atomic E-state index is 0.199. The van der Waals surface area contributed by atoms with Gasteiger partial charge in [-0.05, 0) is 36.1 Å². The molecule has 0 amide bonds. The van der Waals surface area contributed by atoms with E-state index in [9.17, 15) is 9.59 Å². The summed E-state index contributed by atoms with van der Waals surface area (Å²) in [7, 11) is 0. The third kappa shape index (κ3) is 7.09. The van der Waals surface area contributed by atoms with E-state index in [-0.39, 0.29) is 24.8 Å². The quantitative estimate of drug-likeness (QED) is 0.336. The zero-order valence-electron chi connectivity index (χ0n) is 15.3. The number of carbonyl (C=O) groups is 2. The van der Waals surface area contributed by atoms with Gasteiger partial charge in [0.15, 0.2) is 0 Å². The van der Waals surface area contributed by atoms with Crippen molar-refractivity contribution in [3.8, 4) is 16.9 Å². The van der Waals surface area contributed by atoms with E-state index >= 15 is 0 Å². The topological polar surface area (TPSA) is 52.6 Å². The maximum Gasteiger partial charge on any atom is 0.311 e. The van der Waals surface area contributed by atoms with Gasteiger partial charge in [-0.2, -0.15) is 0 Å². The van der Waals surface area contributed by atoms with E-state index in [1.807, 2.05) is 42.5 Å². The number of hydrogen-bond acceptors (Lipinski definition) is 4. The zero-order valence-corrected chi connectivity index (χ0v) is 15.3. The van der Waals surface area contributed by atoms with Crippen LogP contribution in [-0.4, -0.2) is 18.5 Å². The first-order valence-corrected chi connectivity index (χ1v) is 9.21. The Labute approximate surface area is 155 Å². The van der Waals surface area contributed by atoms with Crippen molar-refractivity contribution < 1.29 is 19.1 Å². The van der Waals surface area contributed by atoms with Gasteiger partial charge in [0.05, 0.1) is 6.61 Å². The van der Waals surface area contributed by atoms with Gasteiger partial charge >= 0.3 is 11.9 Å². The molecule has 0 saturated carbocycles. The summed E-state index contributed by atoms with van der Waals surface area (Å²) in [5.41, 5.74) is 2.18. The monoisotopic (exact) mass is 354 g/mol. The van der Waals surface area contributed by atoms with Crippen molar-refractivity contribution in [1.29, 1.82) is 0 Å². The number of hydrogen-bond donors (Lipinski definition) is 0. The molecule has 0 atom stereocenters. The fourth-order valence-corrected chi connectivity index (χ4v) is 2.52. The fourth-order valence-electron chi connectivity index (χ4n) is 2.52. The Bertz CT molecular complexity index is 677. The van der Waals surface area contributed by atoms with Crippen molar-refractivity contribution >= 4 is 11.9 Å². The molecule has 26 heavy (non-hydrogen) atoms. The molecule has 4 nitrogen and oxygen atoms in total. The molecule has 0 saturated heterocycles. The van der Waals surface area contributed by atoms with E-state index in [4.69, 9.17) is 9.47 Å². The van der Waals surface area contributed by atoms with Gasteiger partial charge in [0, 0.05) is 12.8 Å². The lowest BCUT2D eigenvalue weighted by atomic mass is 10.1. The van der Waals surface area contributed by atoms with Gasteiger partial charge in [-0.1, -0.05) is 62.2 Å². The molecule has 0 unspecified atom stereocenters. The predicted octanol–water partition coefficient (Wildman–Crippen LogP) is 5.16. The summed E-state index contributed by atoms with van der Waals surface area (Å²) < 4.78 is 10.4. The van der Waals surface area contributed by atoms with Crippen LogP contribution < -0.4 is 4.74 Å². The molecule has 0 aliphatic heterocycles. The van der Waals surface area contributed by atoms with Crippen LogP contribution in [0.2, 0.25) is 0 Å². The van der Waals surface area contributed by atoms with Gasteiger partial charge < -0.3 is 9.47 Å². The smallest absolute Gasteiger partial charge is 0.311 e. The zero-order chi connectivity index (χ0) is 18.6. The molecular weight excluding hydrogens is 328 g/mol. The van der Waals surface area contributed by atoms with Crippen LogP contribution in [0.25, 0.3) is 11.1 Å². The summed E-state index contributed by atoms with van der Waals surface area (Å²) in [4.78, 5) is 23.4. The molecule has 0 aliphatic rings. The second kappa shape index (κ2) is 11.1. The Balaban J connectivity index is 1.68. The molecule has 0 heterocycles. The van der Waals surface area contributed by atoms with E-state index in [0.717, 1.165) is 30.4 Å². The second-order valence-corrected chi connectivity index (χ2v) is 6.15. The van der Waals surface area contributed by atoms with E-state index in [2.05, 4.69) is 6.92 Å². The highest BCUT2D eigenvalue weighted by Crippen LogP contribution is 2.22. The number of rotatable bonds is 10. The van der Waals surface area contributed by atoms with Crippen molar-refractivity contribution in [1.82, 2.24) is 0 Å². The Morgan fingerprint density at radius 2 is 1.42 bits per heavy atom. The molecule has 138 valence electrons. The van der Waals surface area contributed by atoms with Gasteiger partial charge in [0.1, 0.15) is 5.75 Å². The highest BCUT2D eigenvalue weighted by molar-refractivity contribution is 5.74. The minimum atomic E-state index is -0.337. The van der Waals surface area contributed by atoms with Crippen LogP contribution in [0, 0.1) is 0 Å². The molecule has 0 radical (unpaired) electrons. The van der Waals surface area contributed by atoms with E-state index in [1.54, 1.807) is 12.1 Å². The van der Waals surface area contributed by atoms with Gasteiger partial charge in [-0.25, -0.2) is 0 Å². The predicted molar refractivity (Wildman–Crippen MR) is 102 cm³/mol. The lowest BCUT2D eigenvalue weighted by Crippen LogP contribution is -2.10. The number of ether oxygens (including phenoxy) is 2. The normalized spacial score (nSPS) is 10.3. The molecule has 4 heteroatoms. The Hall–Kier alpha value is -2.62. The van der Waals surface area contributed by atoms with E-state index in [0.29, 0.717) is 18.8 Å². The average molecular weight is 354 g/mol. The Morgan fingerprint density at radius 1 is 0.769 bits per heavy atom. The summed E-state index contributed by atoms with van der Waals surface area (Å²) in [5.74, 6) is -0.0748. The lowest BCUT2D eigenvalue weighted by molar-refractivity contribution is -0.144.